The highest BCUT2D eigenvalue weighted by Crippen LogP contribution is 2.38. The number of aromatic nitrogens is 2. The minimum atomic E-state index is -0.518. The lowest BCUT2D eigenvalue weighted by Crippen LogP contribution is -2.34. The van der Waals surface area contributed by atoms with Crippen LogP contribution in [0.4, 0.5) is 10.2 Å². The van der Waals surface area contributed by atoms with E-state index in [9.17, 15) is 9.18 Å². The van der Waals surface area contributed by atoms with Crippen molar-refractivity contribution < 1.29 is 18.7 Å². The summed E-state index contributed by atoms with van der Waals surface area (Å²) in [6, 6.07) is 6.90. The first-order chi connectivity index (χ1) is 23.8. The second-order valence-corrected chi connectivity index (χ2v) is 13.4. The lowest BCUT2D eigenvalue weighted by Gasteiger charge is -2.31. The fourth-order valence-electron chi connectivity index (χ4n) is 7.48. The van der Waals surface area contributed by atoms with Crippen molar-refractivity contribution in [1.29, 1.82) is 0 Å². The molecule has 7 rings (SSSR count). The van der Waals surface area contributed by atoms with Crippen molar-refractivity contribution in [3.8, 4) is 6.01 Å². The molecular weight excluding hydrogens is 645 g/mol. The van der Waals surface area contributed by atoms with E-state index in [0.717, 1.165) is 97.2 Å². The number of carbonyl (C=O) groups excluding carboxylic acids is 1. The zero-order chi connectivity index (χ0) is 34.9. The van der Waals surface area contributed by atoms with Crippen LogP contribution in [0.25, 0.3) is 0 Å². The predicted molar refractivity (Wildman–Crippen MR) is 193 cm³/mol. The smallest absolute Gasteiger partial charge is 0.318 e. The summed E-state index contributed by atoms with van der Waals surface area (Å²) < 4.78 is 24.5. The van der Waals surface area contributed by atoms with E-state index in [1.807, 2.05) is 30.9 Å². The second-order valence-electron chi connectivity index (χ2n) is 13.0. The number of ether oxygens (including phenoxy) is 2. The number of aliphatic imine (C=N–C) groups is 1. The number of hydrogen-bond acceptors (Lipinski definition) is 9. The van der Waals surface area contributed by atoms with Gasteiger partial charge in [-0.1, -0.05) is 44.5 Å². The molecule has 5 aliphatic heterocycles. The lowest BCUT2D eigenvalue weighted by atomic mass is 9.94. The highest BCUT2D eigenvalue weighted by molar-refractivity contribution is 6.31. The number of halogens is 2. The zero-order valence-electron chi connectivity index (χ0n) is 29.6. The summed E-state index contributed by atoms with van der Waals surface area (Å²) in [6.45, 7) is 11.8. The average molecular weight is 698 g/mol. The van der Waals surface area contributed by atoms with Gasteiger partial charge in [-0.2, -0.15) is 9.97 Å². The number of amides is 1. The SMILES string of the molecule is CC.CCc1c(Cl)cccc1C1Cc2nc(OC)nc(N3CCCN=C(/C=C(\N)C(=O)N4CCCC4)C3)c2CO1.FC1CC2CCCN2C1. The van der Waals surface area contributed by atoms with Crippen LogP contribution in [0.3, 0.4) is 0 Å². The van der Waals surface area contributed by atoms with Crippen LogP contribution >= 0.6 is 11.6 Å². The summed E-state index contributed by atoms with van der Waals surface area (Å²) in [5.74, 6) is 0.661. The number of rotatable bonds is 6. The molecule has 0 saturated carbocycles. The number of methoxy groups -OCH3 is 1. The van der Waals surface area contributed by atoms with Crippen LogP contribution in [-0.2, 0) is 29.0 Å². The molecule has 268 valence electrons. The van der Waals surface area contributed by atoms with Crippen LogP contribution < -0.4 is 15.4 Å². The Kier molecular flexibility index (Phi) is 13.3. The summed E-state index contributed by atoms with van der Waals surface area (Å²) in [5, 5.41) is 0.757. The molecule has 1 aromatic carbocycles. The van der Waals surface area contributed by atoms with Crippen molar-refractivity contribution in [2.75, 3.05) is 57.8 Å². The van der Waals surface area contributed by atoms with Gasteiger partial charge in [0.25, 0.3) is 5.91 Å². The van der Waals surface area contributed by atoms with Gasteiger partial charge in [0.05, 0.1) is 43.5 Å². The first-order valence-electron chi connectivity index (χ1n) is 18.1. The topological polar surface area (TPSA) is 109 Å². The summed E-state index contributed by atoms with van der Waals surface area (Å²) >= 11 is 6.49. The van der Waals surface area contributed by atoms with Crippen molar-refractivity contribution in [2.24, 2.45) is 10.7 Å². The van der Waals surface area contributed by atoms with E-state index in [2.05, 4.69) is 22.8 Å². The number of hydrogen-bond donors (Lipinski definition) is 1. The average Bonchev–Trinajstić information content (AvgIpc) is 3.85. The third kappa shape index (κ3) is 8.91. The van der Waals surface area contributed by atoms with Crippen molar-refractivity contribution in [3.63, 3.8) is 0 Å². The Balaban J connectivity index is 0.000000361. The monoisotopic (exact) mass is 697 g/mol. The molecule has 2 aromatic rings. The number of alkyl halides is 1. The van der Waals surface area contributed by atoms with Crippen LogP contribution in [0, 0.1) is 0 Å². The lowest BCUT2D eigenvalue weighted by molar-refractivity contribution is -0.126. The molecular formula is C37H53ClFN7O3. The Morgan fingerprint density at radius 3 is 2.67 bits per heavy atom. The van der Waals surface area contributed by atoms with Crippen LogP contribution in [0.2, 0.25) is 5.02 Å². The Hall–Kier alpha value is -3.28. The van der Waals surface area contributed by atoms with Gasteiger partial charge in [0.15, 0.2) is 0 Å². The molecule has 5 aliphatic rings. The van der Waals surface area contributed by atoms with Crippen molar-refractivity contribution >= 4 is 29.0 Å². The van der Waals surface area contributed by atoms with E-state index in [1.165, 1.54) is 12.8 Å². The Labute approximate surface area is 295 Å². The van der Waals surface area contributed by atoms with E-state index in [4.69, 9.17) is 41.8 Å². The van der Waals surface area contributed by atoms with Gasteiger partial charge in [0.2, 0.25) is 0 Å². The number of carbonyl (C=O) groups is 1. The fourth-order valence-corrected chi connectivity index (χ4v) is 7.80. The molecule has 0 radical (unpaired) electrons. The van der Waals surface area contributed by atoms with Crippen LogP contribution in [0.5, 0.6) is 6.01 Å². The third-order valence-corrected chi connectivity index (χ3v) is 10.2. The third-order valence-electron chi connectivity index (χ3n) is 9.87. The number of benzene rings is 1. The first kappa shape index (κ1) is 37.0. The highest BCUT2D eigenvalue weighted by Gasteiger charge is 2.35. The molecule has 3 unspecified atom stereocenters. The largest absolute Gasteiger partial charge is 0.467 e. The van der Waals surface area contributed by atoms with E-state index >= 15 is 0 Å². The molecule has 2 N–H and O–H groups in total. The highest BCUT2D eigenvalue weighted by atomic mass is 35.5. The minimum Gasteiger partial charge on any atom is -0.467 e. The number of anilines is 1. The number of nitrogens with zero attached hydrogens (tertiary/aromatic N) is 6. The molecule has 10 nitrogen and oxygen atoms in total. The summed E-state index contributed by atoms with van der Waals surface area (Å²) in [7, 11) is 1.58. The minimum absolute atomic E-state index is 0.117. The Bertz CT molecular complexity index is 1490. The molecule has 49 heavy (non-hydrogen) atoms. The van der Waals surface area contributed by atoms with Gasteiger partial charge in [0, 0.05) is 55.8 Å². The van der Waals surface area contributed by atoms with E-state index in [-0.39, 0.29) is 17.7 Å². The van der Waals surface area contributed by atoms with Crippen LogP contribution in [0.1, 0.15) is 87.8 Å². The normalized spacial score (nSPS) is 23.8. The number of nitrogens with two attached hydrogens (primary N) is 1. The molecule has 3 saturated heterocycles. The van der Waals surface area contributed by atoms with Gasteiger partial charge < -0.3 is 25.0 Å². The second kappa shape index (κ2) is 17.6. The van der Waals surface area contributed by atoms with Crippen molar-refractivity contribution in [2.45, 2.75) is 97.1 Å². The van der Waals surface area contributed by atoms with E-state index in [1.54, 1.807) is 13.2 Å². The molecule has 6 heterocycles. The molecule has 3 fully saturated rings. The molecule has 3 atom stereocenters. The molecule has 1 amide bonds. The molecule has 0 bridgehead atoms. The van der Waals surface area contributed by atoms with Gasteiger partial charge in [-0.15, -0.1) is 0 Å². The maximum absolute atomic E-state index is 12.7. The van der Waals surface area contributed by atoms with Crippen molar-refractivity contribution in [3.05, 3.63) is 57.4 Å². The Morgan fingerprint density at radius 2 is 1.94 bits per heavy atom. The maximum atomic E-state index is 12.7. The maximum Gasteiger partial charge on any atom is 0.318 e. The van der Waals surface area contributed by atoms with E-state index < -0.39 is 6.17 Å². The van der Waals surface area contributed by atoms with Crippen LogP contribution in [0.15, 0.2) is 35.0 Å². The molecule has 1 aromatic heterocycles. The standard InChI is InChI=1S/C28H35ClN6O3.C7H12FN.C2H6/c1-3-19-20(8-6-9-22(19)29)25-15-24-21(17-38-25)26(33-28(32-24)37-2)35-13-7-10-31-18(16-35)14-23(30)27(36)34-11-4-5-12-34;8-6-4-7-2-1-3-9(7)5-6;1-2/h6,8-9,14,25H,3-5,7,10-13,15-17,30H2,1-2H3;6-7H,1-5H2;1-2H3/b23-14-;;. The summed E-state index contributed by atoms with van der Waals surface area (Å²) in [5.41, 5.74) is 11.3. The fraction of sp³-hybridized carbons (Fsp3) is 0.622. The molecule has 0 spiro atoms. The van der Waals surface area contributed by atoms with Gasteiger partial charge in [-0.25, -0.2) is 4.39 Å². The van der Waals surface area contributed by atoms with Crippen LogP contribution in [-0.4, -0.2) is 96.5 Å². The quantitative estimate of drug-likeness (QED) is 0.375. The van der Waals surface area contributed by atoms with E-state index in [0.29, 0.717) is 44.7 Å². The number of likely N-dealkylation sites (tertiary alicyclic amines) is 1. The van der Waals surface area contributed by atoms with Gasteiger partial charge in [-0.05, 0) is 74.8 Å². The zero-order valence-corrected chi connectivity index (χ0v) is 30.4. The number of fused-ring (bicyclic) bond motifs is 2. The predicted octanol–water partition coefficient (Wildman–Crippen LogP) is 5.85. The molecule has 12 heteroatoms. The summed E-state index contributed by atoms with van der Waals surface area (Å²) in [6.07, 6.45) is 8.71. The molecule has 0 aliphatic carbocycles. The van der Waals surface area contributed by atoms with Gasteiger partial charge >= 0.3 is 6.01 Å². The van der Waals surface area contributed by atoms with Gasteiger partial charge in [0.1, 0.15) is 12.0 Å². The summed E-state index contributed by atoms with van der Waals surface area (Å²) in [4.78, 5) is 33.2. The van der Waals surface area contributed by atoms with Crippen molar-refractivity contribution in [1.82, 2.24) is 19.8 Å². The first-order valence-corrected chi connectivity index (χ1v) is 18.5. The van der Waals surface area contributed by atoms with Gasteiger partial charge in [-0.3, -0.25) is 14.7 Å². The Morgan fingerprint density at radius 1 is 1.14 bits per heavy atom.